The number of furan rings is 1. The maximum absolute atomic E-state index is 6.30. The Morgan fingerprint density at radius 3 is 1.08 bits per heavy atom. The van der Waals surface area contributed by atoms with E-state index in [-0.39, 0.29) is 0 Å². The normalized spacial score (nSPS) is 11.1. The molecule has 11 aromatic rings. The van der Waals surface area contributed by atoms with Crippen molar-refractivity contribution < 1.29 is 4.42 Å². The van der Waals surface area contributed by atoms with Crippen molar-refractivity contribution in [1.82, 2.24) is 0 Å². The molecule has 0 atom stereocenters. The Kier molecular flexibility index (Phi) is 10.3. The maximum atomic E-state index is 6.30. The summed E-state index contributed by atoms with van der Waals surface area (Å²) in [5.74, 6) is 0.874. The Bertz CT molecular complexity index is 3280. The van der Waals surface area contributed by atoms with Gasteiger partial charge in [0.05, 0.1) is 5.69 Å². The molecule has 0 bridgehead atoms. The summed E-state index contributed by atoms with van der Waals surface area (Å²) in [4.78, 5) is 2.38. The van der Waals surface area contributed by atoms with Gasteiger partial charge in [-0.2, -0.15) is 0 Å². The number of hydrogen-bond acceptors (Lipinski definition) is 2. The minimum atomic E-state index is 0.874. The van der Waals surface area contributed by atoms with E-state index in [1.54, 1.807) is 0 Å². The fourth-order valence-corrected chi connectivity index (χ4v) is 8.81. The molecular formula is C62H43NO. The highest BCUT2D eigenvalue weighted by Gasteiger charge is 2.18. The van der Waals surface area contributed by atoms with Crippen LogP contribution >= 0.6 is 0 Å². The second kappa shape index (κ2) is 17.1. The van der Waals surface area contributed by atoms with Crippen molar-refractivity contribution in [3.8, 4) is 78.1 Å². The van der Waals surface area contributed by atoms with Gasteiger partial charge < -0.3 is 9.32 Å². The van der Waals surface area contributed by atoms with E-state index in [1.807, 2.05) is 18.2 Å². The number of hydrogen-bond donors (Lipinski definition) is 0. The van der Waals surface area contributed by atoms with Crippen LogP contribution in [-0.4, -0.2) is 0 Å². The summed E-state index contributed by atoms with van der Waals surface area (Å²) in [5, 5.41) is 1.10. The average Bonchev–Trinajstić information content (AvgIpc) is 3.82. The fraction of sp³-hybridized carbons (Fsp3) is 0. The molecule has 0 aliphatic rings. The number of nitrogens with zero attached hydrogens (tertiary/aromatic N) is 1. The van der Waals surface area contributed by atoms with Crippen LogP contribution in [0.25, 0.3) is 89.1 Å². The van der Waals surface area contributed by atoms with Crippen molar-refractivity contribution in [2.75, 3.05) is 4.90 Å². The number of rotatable bonds is 10. The molecular weight excluding hydrogens is 775 g/mol. The number of para-hydroxylation sites is 2. The van der Waals surface area contributed by atoms with Gasteiger partial charge in [-0.05, 0) is 104 Å². The SMILES string of the molecule is c1ccc(-c2ccc(-c3ccc(N(c4ccc(-c5ccc(-c6ccccc6-c6cc7ccccc7o6)cc5)cc4)c4ccccc4-c4ccc(-c5ccccc5)cc4)cc3)cc2)cc1. The van der Waals surface area contributed by atoms with Crippen LogP contribution in [0.1, 0.15) is 0 Å². The molecule has 2 nitrogen and oxygen atoms in total. The standard InChI is InChI=1S/C62H43NO/c1-3-13-44(14-4-1)46-23-25-48(26-24-46)50-35-39-55(40-36-50)63(60-21-11-10-19-58(60)53-33-29-47(30-34-53)45-15-5-2-6-16-45)56-41-37-51(38-42-56)49-27-31-52(32-28-49)57-18-8-9-20-59(57)62-43-54-17-7-12-22-61(54)64-62/h1-43H. The second-order valence-corrected chi connectivity index (χ2v) is 16.1. The van der Waals surface area contributed by atoms with Crippen LogP contribution in [0.3, 0.4) is 0 Å². The van der Waals surface area contributed by atoms with Crippen LogP contribution in [0.4, 0.5) is 17.1 Å². The van der Waals surface area contributed by atoms with Crippen LogP contribution in [-0.2, 0) is 0 Å². The van der Waals surface area contributed by atoms with Crippen molar-refractivity contribution in [2.45, 2.75) is 0 Å². The minimum absolute atomic E-state index is 0.874. The zero-order chi connectivity index (χ0) is 42.7. The van der Waals surface area contributed by atoms with Gasteiger partial charge in [-0.3, -0.25) is 0 Å². The fourth-order valence-electron chi connectivity index (χ4n) is 8.81. The van der Waals surface area contributed by atoms with Crippen LogP contribution in [0.2, 0.25) is 0 Å². The van der Waals surface area contributed by atoms with Crippen LogP contribution in [0.15, 0.2) is 265 Å². The van der Waals surface area contributed by atoms with E-state index in [2.05, 4.69) is 248 Å². The Labute approximate surface area is 374 Å². The zero-order valence-electron chi connectivity index (χ0n) is 35.2. The highest BCUT2D eigenvalue weighted by molar-refractivity contribution is 5.91. The molecule has 0 N–H and O–H groups in total. The first-order chi connectivity index (χ1) is 31.7. The molecule has 0 aliphatic heterocycles. The van der Waals surface area contributed by atoms with Crippen molar-refractivity contribution in [1.29, 1.82) is 0 Å². The molecule has 302 valence electrons. The molecule has 1 heterocycles. The van der Waals surface area contributed by atoms with E-state index in [4.69, 9.17) is 4.42 Å². The molecule has 0 saturated carbocycles. The van der Waals surface area contributed by atoms with Gasteiger partial charge in [-0.25, -0.2) is 0 Å². The Hall–Kier alpha value is -8.46. The minimum Gasteiger partial charge on any atom is -0.456 e. The lowest BCUT2D eigenvalue weighted by Crippen LogP contribution is -2.11. The van der Waals surface area contributed by atoms with E-state index < -0.39 is 0 Å². The van der Waals surface area contributed by atoms with E-state index in [0.29, 0.717) is 0 Å². The smallest absolute Gasteiger partial charge is 0.136 e. The first-order valence-electron chi connectivity index (χ1n) is 21.8. The molecule has 0 spiro atoms. The third-order valence-corrected chi connectivity index (χ3v) is 12.2. The lowest BCUT2D eigenvalue weighted by molar-refractivity contribution is 0.632. The van der Waals surface area contributed by atoms with Crippen LogP contribution < -0.4 is 4.90 Å². The molecule has 0 amide bonds. The Morgan fingerprint density at radius 2 is 0.594 bits per heavy atom. The third-order valence-electron chi connectivity index (χ3n) is 12.2. The molecule has 2 heteroatoms. The lowest BCUT2D eigenvalue weighted by Gasteiger charge is -2.28. The summed E-state index contributed by atoms with van der Waals surface area (Å²) in [6.45, 7) is 0. The van der Waals surface area contributed by atoms with Crippen molar-refractivity contribution in [3.63, 3.8) is 0 Å². The van der Waals surface area contributed by atoms with E-state index in [9.17, 15) is 0 Å². The summed E-state index contributed by atoms with van der Waals surface area (Å²) < 4.78 is 6.30. The molecule has 1 aromatic heterocycles. The molecule has 10 aromatic carbocycles. The highest BCUT2D eigenvalue weighted by atomic mass is 16.3. The summed E-state index contributed by atoms with van der Waals surface area (Å²) in [7, 11) is 0. The largest absolute Gasteiger partial charge is 0.456 e. The van der Waals surface area contributed by atoms with Gasteiger partial charge in [0.25, 0.3) is 0 Å². The number of fused-ring (bicyclic) bond motifs is 1. The Morgan fingerprint density at radius 1 is 0.250 bits per heavy atom. The molecule has 0 unspecified atom stereocenters. The van der Waals surface area contributed by atoms with Gasteiger partial charge in [0.15, 0.2) is 0 Å². The second-order valence-electron chi connectivity index (χ2n) is 16.1. The van der Waals surface area contributed by atoms with Gasteiger partial charge in [-0.15, -0.1) is 0 Å². The highest BCUT2D eigenvalue weighted by Crippen LogP contribution is 2.43. The summed E-state index contributed by atoms with van der Waals surface area (Å²) in [6, 6.07) is 93.2. The maximum Gasteiger partial charge on any atom is 0.136 e. The molecule has 0 fully saturated rings. The molecule has 0 radical (unpaired) electrons. The number of anilines is 3. The predicted molar refractivity (Wildman–Crippen MR) is 269 cm³/mol. The quantitative estimate of drug-likeness (QED) is 0.137. The molecule has 0 aliphatic carbocycles. The van der Waals surface area contributed by atoms with Crippen LogP contribution in [0, 0.1) is 0 Å². The predicted octanol–water partition coefficient (Wildman–Crippen LogP) is 17.6. The Balaban J connectivity index is 0.927. The first kappa shape index (κ1) is 38.5. The van der Waals surface area contributed by atoms with Gasteiger partial charge >= 0.3 is 0 Å². The molecule has 64 heavy (non-hydrogen) atoms. The van der Waals surface area contributed by atoms with Crippen molar-refractivity contribution in [3.05, 3.63) is 261 Å². The van der Waals surface area contributed by atoms with E-state index in [0.717, 1.165) is 72.7 Å². The van der Waals surface area contributed by atoms with Gasteiger partial charge in [0.1, 0.15) is 11.3 Å². The average molecular weight is 818 g/mol. The lowest BCUT2D eigenvalue weighted by atomic mass is 9.95. The van der Waals surface area contributed by atoms with E-state index in [1.165, 1.54) is 33.4 Å². The third kappa shape index (κ3) is 7.70. The van der Waals surface area contributed by atoms with Gasteiger partial charge in [-0.1, -0.05) is 218 Å². The monoisotopic (exact) mass is 817 g/mol. The summed E-state index contributed by atoms with van der Waals surface area (Å²) >= 11 is 0. The summed E-state index contributed by atoms with van der Waals surface area (Å²) in [5.41, 5.74) is 19.4. The van der Waals surface area contributed by atoms with Gasteiger partial charge in [0.2, 0.25) is 0 Å². The number of benzene rings is 10. The van der Waals surface area contributed by atoms with Crippen molar-refractivity contribution >= 4 is 28.0 Å². The van der Waals surface area contributed by atoms with E-state index >= 15 is 0 Å². The van der Waals surface area contributed by atoms with Gasteiger partial charge in [0, 0.05) is 27.9 Å². The summed E-state index contributed by atoms with van der Waals surface area (Å²) in [6.07, 6.45) is 0. The van der Waals surface area contributed by atoms with Crippen LogP contribution in [0.5, 0.6) is 0 Å². The first-order valence-corrected chi connectivity index (χ1v) is 21.8. The molecule has 0 saturated heterocycles. The van der Waals surface area contributed by atoms with Crippen molar-refractivity contribution in [2.24, 2.45) is 0 Å². The topological polar surface area (TPSA) is 16.4 Å². The zero-order valence-corrected chi connectivity index (χ0v) is 35.2. The molecule has 11 rings (SSSR count).